The highest BCUT2D eigenvalue weighted by atomic mass is 16.5. The zero-order valence-electron chi connectivity index (χ0n) is 15.6. The predicted octanol–water partition coefficient (Wildman–Crippen LogP) is 5.68. The van der Waals surface area contributed by atoms with Crippen molar-refractivity contribution in [2.45, 2.75) is 18.4 Å². The molecule has 1 aliphatic carbocycles. The Labute approximate surface area is 159 Å². The van der Waals surface area contributed by atoms with E-state index in [1.807, 2.05) is 6.07 Å². The van der Waals surface area contributed by atoms with E-state index < -0.39 is 0 Å². The van der Waals surface area contributed by atoms with Crippen molar-refractivity contribution >= 4 is 16.5 Å². The Kier molecular flexibility index (Phi) is 3.82. The Morgan fingerprint density at radius 3 is 2.63 bits per heavy atom. The van der Waals surface area contributed by atoms with Gasteiger partial charge in [-0.2, -0.15) is 0 Å². The fourth-order valence-corrected chi connectivity index (χ4v) is 4.72. The third-order valence-corrected chi connectivity index (χ3v) is 6.03. The van der Waals surface area contributed by atoms with Gasteiger partial charge in [-0.05, 0) is 41.0 Å². The number of benzene rings is 3. The molecule has 0 spiro atoms. The first-order chi connectivity index (χ1) is 13.3. The van der Waals surface area contributed by atoms with E-state index in [0.717, 1.165) is 17.9 Å². The second kappa shape index (κ2) is 6.34. The number of allylic oxidation sites excluding steroid dienone is 2. The lowest BCUT2D eigenvalue weighted by molar-refractivity contribution is 0.353. The van der Waals surface area contributed by atoms with Crippen LogP contribution >= 0.6 is 0 Å². The molecule has 0 radical (unpaired) electrons. The maximum absolute atomic E-state index is 5.55. The second-order valence-corrected chi connectivity index (χ2v) is 7.34. The second-order valence-electron chi connectivity index (χ2n) is 7.34. The van der Waals surface area contributed by atoms with Crippen LogP contribution in [0.2, 0.25) is 0 Å². The number of nitrogens with one attached hydrogen (secondary N) is 1. The number of methoxy groups -OCH3 is 2. The summed E-state index contributed by atoms with van der Waals surface area (Å²) in [6.07, 6.45) is 5.80. The molecule has 1 aliphatic heterocycles. The molecular formula is C24H23NO2. The largest absolute Gasteiger partial charge is 0.493 e. The number of anilines is 1. The highest BCUT2D eigenvalue weighted by Gasteiger charge is 2.38. The van der Waals surface area contributed by atoms with Crippen LogP contribution in [0.4, 0.5) is 5.69 Å². The van der Waals surface area contributed by atoms with Gasteiger partial charge in [0.2, 0.25) is 0 Å². The van der Waals surface area contributed by atoms with Gasteiger partial charge >= 0.3 is 0 Å². The van der Waals surface area contributed by atoms with E-state index >= 15 is 0 Å². The van der Waals surface area contributed by atoms with Gasteiger partial charge in [-0.3, -0.25) is 0 Å². The highest BCUT2D eigenvalue weighted by Crippen LogP contribution is 2.52. The van der Waals surface area contributed by atoms with Gasteiger partial charge in [0.15, 0.2) is 11.5 Å². The van der Waals surface area contributed by atoms with Crippen LogP contribution in [0.5, 0.6) is 11.5 Å². The Hall–Kier alpha value is -2.94. The molecule has 3 nitrogen and oxygen atoms in total. The van der Waals surface area contributed by atoms with Crippen LogP contribution in [-0.2, 0) is 0 Å². The van der Waals surface area contributed by atoms with Crippen LogP contribution in [0, 0.1) is 5.92 Å². The van der Waals surface area contributed by atoms with Gasteiger partial charge in [0.05, 0.1) is 20.3 Å². The summed E-state index contributed by atoms with van der Waals surface area (Å²) in [6, 6.07) is 19.7. The summed E-state index contributed by atoms with van der Waals surface area (Å²) in [5.74, 6) is 2.51. The molecule has 3 atom stereocenters. The van der Waals surface area contributed by atoms with E-state index in [1.165, 1.54) is 27.6 Å². The molecular weight excluding hydrogens is 334 g/mol. The summed E-state index contributed by atoms with van der Waals surface area (Å²) in [5.41, 5.74) is 3.91. The minimum absolute atomic E-state index is 0.239. The van der Waals surface area contributed by atoms with Crippen LogP contribution in [-0.4, -0.2) is 14.2 Å². The van der Waals surface area contributed by atoms with Gasteiger partial charge in [-0.1, -0.05) is 54.6 Å². The smallest absolute Gasteiger partial charge is 0.161 e. The van der Waals surface area contributed by atoms with E-state index in [1.54, 1.807) is 14.2 Å². The van der Waals surface area contributed by atoms with Gasteiger partial charge in [0.25, 0.3) is 0 Å². The maximum atomic E-state index is 5.55. The standard InChI is InChI=1S/C24H23NO2/c1-26-21-13-11-16(14-22(21)27-2)23-19-9-5-8-18(19)20-12-10-15-6-3-4-7-17(15)24(20)25-23/h3-8,10-14,18-19,23,25H,9H2,1-2H3. The molecule has 0 bridgehead atoms. The summed E-state index contributed by atoms with van der Waals surface area (Å²) in [4.78, 5) is 0. The molecule has 27 heavy (non-hydrogen) atoms. The lowest BCUT2D eigenvalue weighted by atomic mass is 9.76. The van der Waals surface area contributed by atoms with Crippen LogP contribution in [0.25, 0.3) is 10.8 Å². The number of ether oxygens (including phenoxy) is 2. The summed E-state index contributed by atoms with van der Waals surface area (Å²) in [6.45, 7) is 0. The van der Waals surface area contributed by atoms with E-state index in [0.29, 0.717) is 11.8 Å². The number of hydrogen-bond donors (Lipinski definition) is 1. The van der Waals surface area contributed by atoms with Crippen molar-refractivity contribution in [3.05, 3.63) is 77.9 Å². The van der Waals surface area contributed by atoms with E-state index in [4.69, 9.17) is 9.47 Å². The zero-order chi connectivity index (χ0) is 18.4. The minimum Gasteiger partial charge on any atom is -0.493 e. The first kappa shape index (κ1) is 16.2. The molecule has 136 valence electrons. The van der Waals surface area contributed by atoms with Gasteiger partial charge in [-0.15, -0.1) is 0 Å². The first-order valence-corrected chi connectivity index (χ1v) is 9.47. The third kappa shape index (κ3) is 2.49. The minimum atomic E-state index is 0.239. The SMILES string of the molecule is COc1ccc(C2Nc3c(ccc4ccccc34)C3C=CCC32)cc1OC. The fourth-order valence-electron chi connectivity index (χ4n) is 4.72. The van der Waals surface area contributed by atoms with Crippen LogP contribution in [0.15, 0.2) is 66.7 Å². The maximum Gasteiger partial charge on any atom is 0.161 e. The van der Waals surface area contributed by atoms with Crippen molar-refractivity contribution in [3.8, 4) is 11.5 Å². The molecule has 0 amide bonds. The average molecular weight is 357 g/mol. The van der Waals surface area contributed by atoms with E-state index in [2.05, 4.69) is 66.0 Å². The topological polar surface area (TPSA) is 30.5 Å². The number of fused-ring (bicyclic) bond motifs is 5. The summed E-state index contributed by atoms with van der Waals surface area (Å²) in [7, 11) is 3.37. The van der Waals surface area contributed by atoms with Crippen LogP contribution in [0.3, 0.4) is 0 Å². The summed E-state index contributed by atoms with van der Waals surface area (Å²) in [5, 5.41) is 6.44. The van der Waals surface area contributed by atoms with Gasteiger partial charge < -0.3 is 14.8 Å². The number of rotatable bonds is 3. The summed E-state index contributed by atoms with van der Waals surface area (Å²) < 4.78 is 11.0. The molecule has 3 heteroatoms. The zero-order valence-corrected chi connectivity index (χ0v) is 15.6. The van der Waals surface area contributed by atoms with Crippen LogP contribution < -0.4 is 14.8 Å². The highest BCUT2D eigenvalue weighted by molar-refractivity contribution is 5.96. The third-order valence-electron chi connectivity index (χ3n) is 6.03. The number of hydrogen-bond acceptors (Lipinski definition) is 3. The Morgan fingerprint density at radius 2 is 1.78 bits per heavy atom. The monoisotopic (exact) mass is 357 g/mol. The molecule has 0 saturated heterocycles. The molecule has 1 N–H and O–H groups in total. The Morgan fingerprint density at radius 1 is 0.926 bits per heavy atom. The molecule has 3 aromatic carbocycles. The molecule has 0 fully saturated rings. The van der Waals surface area contributed by atoms with Crippen molar-refractivity contribution in [2.24, 2.45) is 5.92 Å². The summed E-state index contributed by atoms with van der Waals surface area (Å²) >= 11 is 0. The molecule has 1 heterocycles. The van der Waals surface area contributed by atoms with Crippen LogP contribution in [0.1, 0.15) is 29.5 Å². The van der Waals surface area contributed by atoms with Crippen molar-refractivity contribution < 1.29 is 9.47 Å². The predicted molar refractivity (Wildman–Crippen MR) is 110 cm³/mol. The normalized spacial score (nSPS) is 22.8. The van der Waals surface area contributed by atoms with E-state index in [-0.39, 0.29) is 6.04 Å². The van der Waals surface area contributed by atoms with Gasteiger partial charge in [0.1, 0.15) is 0 Å². The Bertz CT molecular complexity index is 1040. The van der Waals surface area contributed by atoms with Gasteiger partial charge in [0, 0.05) is 17.0 Å². The van der Waals surface area contributed by atoms with Crippen molar-refractivity contribution in [1.82, 2.24) is 0 Å². The molecule has 3 unspecified atom stereocenters. The van der Waals surface area contributed by atoms with Crippen molar-refractivity contribution in [1.29, 1.82) is 0 Å². The van der Waals surface area contributed by atoms with E-state index in [9.17, 15) is 0 Å². The van der Waals surface area contributed by atoms with Crippen molar-refractivity contribution in [3.63, 3.8) is 0 Å². The molecule has 2 aliphatic rings. The lowest BCUT2D eigenvalue weighted by Gasteiger charge is -2.38. The molecule has 0 aromatic heterocycles. The first-order valence-electron chi connectivity index (χ1n) is 9.47. The van der Waals surface area contributed by atoms with Crippen molar-refractivity contribution in [2.75, 3.05) is 19.5 Å². The van der Waals surface area contributed by atoms with Gasteiger partial charge in [-0.25, -0.2) is 0 Å². The molecule has 3 aromatic rings. The Balaban J connectivity index is 1.65. The lowest BCUT2D eigenvalue weighted by Crippen LogP contribution is -2.29. The molecule has 0 saturated carbocycles. The average Bonchev–Trinajstić information content (AvgIpc) is 3.22. The fraction of sp³-hybridized carbons (Fsp3) is 0.250. The molecule has 5 rings (SSSR count). The quantitative estimate of drug-likeness (QED) is 0.611.